The van der Waals surface area contributed by atoms with E-state index in [2.05, 4.69) is 17.1 Å². The van der Waals surface area contributed by atoms with E-state index in [9.17, 15) is 0 Å². The van der Waals surface area contributed by atoms with Crippen LogP contribution in [0.2, 0.25) is 15.1 Å². The average molecular weight is 423 g/mol. The van der Waals surface area contributed by atoms with Crippen LogP contribution in [0.1, 0.15) is 44.2 Å². The molecule has 1 aliphatic rings. The lowest BCUT2D eigenvalue weighted by molar-refractivity contribution is 0.163. The number of piperazine rings is 1. The molecule has 134 valence electrons. The molecule has 1 aromatic carbocycles. The minimum absolute atomic E-state index is 0. The predicted octanol–water partition coefficient (Wildman–Crippen LogP) is 6.02. The molecular formula is C16H25Cl5N2. The van der Waals surface area contributed by atoms with Crippen LogP contribution in [-0.4, -0.2) is 31.1 Å². The summed E-state index contributed by atoms with van der Waals surface area (Å²) in [7, 11) is 0. The Morgan fingerprint density at radius 3 is 2.35 bits per heavy atom. The molecule has 1 heterocycles. The van der Waals surface area contributed by atoms with E-state index < -0.39 is 0 Å². The topological polar surface area (TPSA) is 15.3 Å². The van der Waals surface area contributed by atoms with Crippen LogP contribution in [0.25, 0.3) is 0 Å². The van der Waals surface area contributed by atoms with E-state index in [-0.39, 0.29) is 24.8 Å². The van der Waals surface area contributed by atoms with Crippen LogP contribution in [0, 0.1) is 0 Å². The van der Waals surface area contributed by atoms with Gasteiger partial charge in [-0.2, -0.15) is 0 Å². The Bertz CT molecular complexity index is 464. The SMILES string of the molecule is CCCCC[C@H](c1cc(Cl)cc(Cl)c1Cl)N1CCNCC1.Cl.Cl. The minimum Gasteiger partial charge on any atom is -0.314 e. The van der Waals surface area contributed by atoms with Gasteiger partial charge in [-0.1, -0.05) is 61.0 Å². The van der Waals surface area contributed by atoms with Gasteiger partial charge in [-0.15, -0.1) is 24.8 Å². The maximum absolute atomic E-state index is 6.46. The molecule has 1 fully saturated rings. The average Bonchev–Trinajstić information content (AvgIpc) is 2.49. The molecule has 0 bridgehead atoms. The fourth-order valence-corrected chi connectivity index (χ4v) is 3.68. The lowest BCUT2D eigenvalue weighted by Crippen LogP contribution is -2.45. The van der Waals surface area contributed by atoms with Gasteiger partial charge in [0.25, 0.3) is 0 Å². The lowest BCUT2D eigenvalue weighted by atomic mass is 9.98. The maximum Gasteiger partial charge on any atom is 0.0641 e. The van der Waals surface area contributed by atoms with Crippen molar-refractivity contribution in [3.05, 3.63) is 32.8 Å². The molecule has 1 N–H and O–H groups in total. The summed E-state index contributed by atoms with van der Waals surface area (Å²) < 4.78 is 0. The zero-order valence-electron chi connectivity index (χ0n) is 13.3. The Kier molecular flexibility index (Phi) is 12.3. The van der Waals surface area contributed by atoms with Gasteiger partial charge < -0.3 is 5.32 Å². The van der Waals surface area contributed by atoms with E-state index in [1.54, 1.807) is 6.07 Å². The highest BCUT2D eigenvalue weighted by molar-refractivity contribution is 6.43. The fraction of sp³-hybridized carbons (Fsp3) is 0.625. The first kappa shape index (κ1) is 23.6. The zero-order valence-corrected chi connectivity index (χ0v) is 17.2. The summed E-state index contributed by atoms with van der Waals surface area (Å²) in [5, 5.41) is 5.27. The number of nitrogens with zero attached hydrogens (tertiary/aromatic N) is 1. The van der Waals surface area contributed by atoms with Crippen molar-refractivity contribution in [2.24, 2.45) is 0 Å². The van der Waals surface area contributed by atoms with Gasteiger partial charge in [-0.05, 0) is 24.1 Å². The molecule has 0 aliphatic carbocycles. The Morgan fingerprint density at radius 2 is 1.74 bits per heavy atom. The highest BCUT2D eigenvalue weighted by atomic mass is 35.5. The predicted molar refractivity (Wildman–Crippen MR) is 107 cm³/mol. The number of halogens is 5. The Morgan fingerprint density at radius 1 is 1.09 bits per heavy atom. The third-order valence-electron chi connectivity index (χ3n) is 4.05. The van der Waals surface area contributed by atoms with Crippen molar-refractivity contribution in [2.75, 3.05) is 26.2 Å². The van der Waals surface area contributed by atoms with Crippen LogP contribution in [0.3, 0.4) is 0 Å². The van der Waals surface area contributed by atoms with E-state index in [1.807, 2.05) is 6.07 Å². The second-order valence-electron chi connectivity index (χ2n) is 5.59. The third kappa shape index (κ3) is 6.78. The first-order valence-corrected chi connectivity index (χ1v) is 8.86. The quantitative estimate of drug-likeness (QED) is 0.446. The molecule has 0 unspecified atom stereocenters. The van der Waals surface area contributed by atoms with E-state index in [0.29, 0.717) is 21.1 Å². The van der Waals surface area contributed by atoms with Crippen LogP contribution < -0.4 is 5.32 Å². The standard InChI is InChI=1S/C16H23Cl3N2.2ClH/c1-2-3-4-5-15(21-8-6-20-7-9-21)13-10-12(17)11-14(18)16(13)19;;/h10-11,15,20H,2-9H2,1H3;2*1H/t15-;;/m1../s1. The molecule has 0 aromatic heterocycles. The summed E-state index contributed by atoms with van der Waals surface area (Å²) in [5.41, 5.74) is 1.08. The number of hydrogen-bond acceptors (Lipinski definition) is 2. The molecule has 1 aromatic rings. The van der Waals surface area contributed by atoms with Gasteiger partial charge >= 0.3 is 0 Å². The van der Waals surface area contributed by atoms with Crippen molar-refractivity contribution < 1.29 is 0 Å². The van der Waals surface area contributed by atoms with Gasteiger partial charge in [-0.25, -0.2) is 0 Å². The minimum atomic E-state index is 0. The highest BCUT2D eigenvalue weighted by Crippen LogP contribution is 2.38. The van der Waals surface area contributed by atoms with Crippen LogP contribution in [0.15, 0.2) is 12.1 Å². The Hall–Kier alpha value is 0.590. The molecule has 2 rings (SSSR count). The van der Waals surface area contributed by atoms with Gasteiger partial charge in [-0.3, -0.25) is 4.90 Å². The van der Waals surface area contributed by atoms with E-state index in [1.165, 1.54) is 19.3 Å². The molecule has 2 nitrogen and oxygen atoms in total. The van der Waals surface area contributed by atoms with Crippen LogP contribution >= 0.6 is 59.6 Å². The van der Waals surface area contributed by atoms with Crippen molar-refractivity contribution >= 4 is 59.6 Å². The second-order valence-corrected chi connectivity index (χ2v) is 6.81. The van der Waals surface area contributed by atoms with Crippen molar-refractivity contribution in [1.82, 2.24) is 10.2 Å². The van der Waals surface area contributed by atoms with Gasteiger partial charge in [0.15, 0.2) is 0 Å². The number of benzene rings is 1. The van der Waals surface area contributed by atoms with Crippen molar-refractivity contribution in [3.63, 3.8) is 0 Å². The highest BCUT2D eigenvalue weighted by Gasteiger charge is 2.25. The van der Waals surface area contributed by atoms with Gasteiger partial charge in [0.2, 0.25) is 0 Å². The van der Waals surface area contributed by atoms with E-state index in [4.69, 9.17) is 34.8 Å². The first-order chi connectivity index (χ1) is 10.1. The molecule has 1 atom stereocenters. The molecule has 7 heteroatoms. The molecule has 0 radical (unpaired) electrons. The first-order valence-electron chi connectivity index (χ1n) is 7.72. The van der Waals surface area contributed by atoms with Gasteiger partial charge in [0, 0.05) is 37.2 Å². The zero-order chi connectivity index (χ0) is 15.2. The lowest BCUT2D eigenvalue weighted by Gasteiger charge is -2.36. The summed E-state index contributed by atoms with van der Waals surface area (Å²) in [6, 6.07) is 4.01. The summed E-state index contributed by atoms with van der Waals surface area (Å²) in [5.74, 6) is 0. The molecule has 0 spiro atoms. The molecular weight excluding hydrogens is 397 g/mol. The smallest absolute Gasteiger partial charge is 0.0641 e. The molecule has 23 heavy (non-hydrogen) atoms. The molecule has 0 amide bonds. The summed E-state index contributed by atoms with van der Waals surface area (Å²) in [6.45, 7) is 6.35. The maximum atomic E-state index is 6.46. The number of nitrogens with one attached hydrogen (secondary N) is 1. The monoisotopic (exact) mass is 420 g/mol. The van der Waals surface area contributed by atoms with E-state index in [0.717, 1.165) is 38.2 Å². The second kappa shape index (κ2) is 12.0. The number of unbranched alkanes of at least 4 members (excludes halogenated alkanes) is 2. The van der Waals surface area contributed by atoms with Crippen LogP contribution in [-0.2, 0) is 0 Å². The summed E-state index contributed by atoms with van der Waals surface area (Å²) in [6.07, 6.45) is 4.77. The van der Waals surface area contributed by atoms with Gasteiger partial charge in [0.1, 0.15) is 0 Å². The molecule has 1 aliphatic heterocycles. The number of hydrogen-bond donors (Lipinski definition) is 1. The Labute approximate surface area is 167 Å². The Balaban J connectivity index is 0.00000242. The molecule has 0 saturated carbocycles. The number of rotatable bonds is 6. The van der Waals surface area contributed by atoms with Crippen LogP contribution in [0.5, 0.6) is 0 Å². The van der Waals surface area contributed by atoms with Gasteiger partial charge in [0.05, 0.1) is 10.0 Å². The normalized spacial score (nSPS) is 16.3. The van der Waals surface area contributed by atoms with E-state index >= 15 is 0 Å². The van der Waals surface area contributed by atoms with Crippen molar-refractivity contribution in [3.8, 4) is 0 Å². The summed E-state index contributed by atoms with van der Waals surface area (Å²) >= 11 is 18.9. The van der Waals surface area contributed by atoms with Crippen LogP contribution in [0.4, 0.5) is 0 Å². The summed E-state index contributed by atoms with van der Waals surface area (Å²) in [4.78, 5) is 2.50. The third-order valence-corrected chi connectivity index (χ3v) is 5.09. The van der Waals surface area contributed by atoms with Crippen molar-refractivity contribution in [1.29, 1.82) is 0 Å². The van der Waals surface area contributed by atoms with Crippen molar-refractivity contribution in [2.45, 2.75) is 38.6 Å². The largest absolute Gasteiger partial charge is 0.314 e. The molecule has 1 saturated heterocycles. The fourth-order valence-electron chi connectivity index (χ4n) is 2.93.